The lowest BCUT2D eigenvalue weighted by atomic mass is 10.1. The summed E-state index contributed by atoms with van der Waals surface area (Å²) in [5.74, 6) is 0.0403. The van der Waals surface area contributed by atoms with Gasteiger partial charge in [-0.2, -0.15) is 0 Å². The molecular formula is C21H19ClN2O3. The summed E-state index contributed by atoms with van der Waals surface area (Å²) in [5, 5.41) is 3.29. The molecule has 0 atom stereocenters. The maximum absolute atomic E-state index is 12.8. The molecule has 1 aromatic heterocycles. The zero-order chi connectivity index (χ0) is 19.4. The number of aryl methyl sites for hydroxylation is 1. The van der Waals surface area contributed by atoms with E-state index >= 15 is 0 Å². The Hall–Kier alpha value is -3.05. The molecule has 1 heterocycles. The first kappa shape index (κ1) is 18.7. The third-order valence-electron chi connectivity index (χ3n) is 4.12. The second kappa shape index (κ2) is 8.10. The van der Waals surface area contributed by atoms with Crippen LogP contribution in [-0.2, 0) is 6.54 Å². The minimum atomic E-state index is -0.403. The Kier molecular flexibility index (Phi) is 5.62. The molecule has 0 aliphatic heterocycles. The van der Waals surface area contributed by atoms with Crippen molar-refractivity contribution in [2.45, 2.75) is 13.5 Å². The van der Waals surface area contributed by atoms with Crippen molar-refractivity contribution in [1.82, 2.24) is 4.57 Å². The van der Waals surface area contributed by atoms with Gasteiger partial charge in [0.2, 0.25) is 0 Å². The maximum atomic E-state index is 12.8. The van der Waals surface area contributed by atoms with Crippen molar-refractivity contribution < 1.29 is 9.53 Å². The van der Waals surface area contributed by atoms with Crippen LogP contribution in [0.3, 0.4) is 0 Å². The maximum Gasteiger partial charge on any atom is 0.274 e. The van der Waals surface area contributed by atoms with E-state index in [9.17, 15) is 9.59 Å². The molecule has 3 rings (SSSR count). The average molecular weight is 383 g/mol. The van der Waals surface area contributed by atoms with Gasteiger partial charge in [0.1, 0.15) is 11.4 Å². The molecule has 138 valence electrons. The average Bonchev–Trinajstić information content (AvgIpc) is 2.67. The molecule has 0 bridgehead atoms. The lowest BCUT2D eigenvalue weighted by Crippen LogP contribution is -2.26. The number of nitrogens with one attached hydrogen (secondary N) is 1. The number of carbonyl (C=O) groups excluding carboxylic acids is 1. The van der Waals surface area contributed by atoms with Crippen LogP contribution in [0.1, 0.15) is 21.5 Å². The highest BCUT2D eigenvalue weighted by molar-refractivity contribution is 6.31. The van der Waals surface area contributed by atoms with Gasteiger partial charge in [0, 0.05) is 11.2 Å². The van der Waals surface area contributed by atoms with Crippen LogP contribution in [0.25, 0.3) is 0 Å². The highest BCUT2D eigenvalue weighted by Gasteiger charge is 2.15. The molecule has 1 amide bonds. The minimum Gasteiger partial charge on any atom is -0.496 e. The van der Waals surface area contributed by atoms with Gasteiger partial charge in [-0.3, -0.25) is 9.59 Å². The van der Waals surface area contributed by atoms with Crippen LogP contribution in [-0.4, -0.2) is 17.6 Å². The Bertz CT molecular complexity index is 1040. The van der Waals surface area contributed by atoms with Crippen LogP contribution in [0.4, 0.5) is 5.69 Å². The summed E-state index contributed by atoms with van der Waals surface area (Å²) in [6.07, 6.45) is 1.74. The monoisotopic (exact) mass is 382 g/mol. The topological polar surface area (TPSA) is 60.3 Å². The summed E-state index contributed by atoms with van der Waals surface area (Å²) < 4.78 is 6.75. The number of rotatable bonds is 5. The molecule has 0 radical (unpaired) electrons. The summed E-state index contributed by atoms with van der Waals surface area (Å²) in [6, 6.07) is 15.9. The first-order valence-electron chi connectivity index (χ1n) is 8.38. The number of methoxy groups -OCH3 is 1. The summed E-state index contributed by atoms with van der Waals surface area (Å²) in [7, 11) is 1.50. The standard InChI is InChI=1S/C21H19ClN2O3/c1-14-11-18(23-20(25)16-8-4-6-10-19(16)27-2)21(26)24(12-14)13-15-7-3-5-9-17(15)22/h3-12H,13H2,1-2H3,(H,23,25). The Morgan fingerprint density at radius 2 is 1.85 bits per heavy atom. The fourth-order valence-electron chi connectivity index (χ4n) is 2.82. The molecule has 0 saturated heterocycles. The van der Waals surface area contributed by atoms with E-state index in [4.69, 9.17) is 16.3 Å². The van der Waals surface area contributed by atoms with Crippen molar-refractivity contribution in [3.05, 3.63) is 92.9 Å². The number of carbonyl (C=O) groups is 1. The first-order valence-corrected chi connectivity index (χ1v) is 8.76. The number of amides is 1. The van der Waals surface area contributed by atoms with E-state index in [1.54, 1.807) is 42.6 Å². The first-order chi connectivity index (χ1) is 13.0. The van der Waals surface area contributed by atoms with Crippen molar-refractivity contribution >= 4 is 23.2 Å². The number of benzene rings is 2. The molecule has 1 N–H and O–H groups in total. The summed E-state index contributed by atoms with van der Waals surface area (Å²) in [5.41, 5.74) is 1.94. The summed E-state index contributed by atoms with van der Waals surface area (Å²) in [6.45, 7) is 2.18. The molecule has 2 aromatic carbocycles. The Balaban J connectivity index is 1.93. The van der Waals surface area contributed by atoms with E-state index in [2.05, 4.69) is 5.32 Å². The molecule has 0 aliphatic rings. The van der Waals surface area contributed by atoms with E-state index in [0.717, 1.165) is 11.1 Å². The van der Waals surface area contributed by atoms with Crippen molar-refractivity contribution in [3.8, 4) is 5.75 Å². The quantitative estimate of drug-likeness (QED) is 0.722. The van der Waals surface area contributed by atoms with Crippen molar-refractivity contribution in [3.63, 3.8) is 0 Å². The van der Waals surface area contributed by atoms with Crippen LogP contribution < -0.4 is 15.6 Å². The van der Waals surface area contributed by atoms with Crippen LogP contribution in [0.5, 0.6) is 5.75 Å². The fourth-order valence-corrected chi connectivity index (χ4v) is 3.02. The lowest BCUT2D eigenvalue weighted by Gasteiger charge is -2.13. The van der Waals surface area contributed by atoms with Crippen LogP contribution >= 0.6 is 11.6 Å². The number of anilines is 1. The second-order valence-electron chi connectivity index (χ2n) is 6.11. The Morgan fingerprint density at radius 1 is 1.15 bits per heavy atom. The molecular weight excluding hydrogens is 364 g/mol. The largest absolute Gasteiger partial charge is 0.496 e. The van der Waals surface area contributed by atoms with E-state index < -0.39 is 5.91 Å². The van der Waals surface area contributed by atoms with Crippen LogP contribution in [0.2, 0.25) is 5.02 Å². The molecule has 0 fully saturated rings. The van der Waals surface area contributed by atoms with Crippen LogP contribution in [0.15, 0.2) is 65.6 Å². The minimum absolute atomic E-state index is 0.206. The van der Waals surface area contributed by atoms with Gasteiger partial charge in [0.25, 0.3) is 11.5 Å². The van der Waals surface area contributed by atoms with Crippen molar-refractivity contribution in [1.29, 1.82) is 0 Å². The van der Waals surface area contributed by atoms with Gasteiger partial charge >= 0.3 is 0 Å². The van der Waals surface area contributed by atoms with Gasteiger partial charge in [0.05, 0.1) is 19.2 Å². The van der Waals surface area contributed by atoms with Gasteiger partial charge in [-0.15, -0.1) is 0 Å². The van der Waals surface area contributed by atoms with E-state index in [0.29, 0.717) is 22.9 Å². The predicted molar refractivity (Wildman–Crippen MR) is 107 cm³/mol. The SMILES string of the molecule is COc1ccccc1C(=O)Nc1cc(C)cn(Cc2ccccc2Cl)c1=O. The third kappa shape index (κ3) is 4.20. The molecule has 0 aliphatic carbocycles. The fraction of sp³-hybridized carbons (Fsp3) is 0.143. The summed E-state index contributed by atoms with van der Waals surface area (Å²) in [4.78, 5) is 25.5. The number of nitrogens with zero attached hydrogens (tertiary/aromatic N) is 1. The number of para-hydroxylation sites is 1. The predicted octanol–water partition coefficient (Wildman–Crippen LogP) is 4.12. The van der Waals surface area contributed by atoms with Gasteiger partial charge in [0.15, 0.2) is 0 Å². The Morgan fingerprint density at radius 3 is 2.59 bits per heavy atom. The molecule has 0 spiro atoms. The van der Waals surface area contributed by atoms with Gasteiger partial charge in [-0.05, 0) is 42.3 Å². The van der Waals surface area contributed by atoms with Gasteiger partial charge < -0.3 is 14.6 Å². The molecule has 6 heteroatoms. The van der Waals surface area contributed by atoms with Gasteiger partial charge in [-0.25, -0.2) is 0 Å². The molecule has 0 saturated carbocycles. The highest BCUT2D eigenvalue weighted by Crippen LogP contribution is 2.19. The lowest BCUT2D eigenvalue weighted by molar-refractivity contribution is 0.102. The number of ether oxygens (including phenoxy) is 1. The third-order valence-corrected chi connectivity index (χ3v) is 4.49. The number of pyridine rings is 1. The summed E-state index contributed by atoms with van der Waals surface area (Å²) >= 11 is 6.20. The van der Waals surface area contributed by atoms with Crippen molar-refractivity contribution in [2.24, 2.45) is 0 Å². The smallest absolute Gasteiger partial charge is 0.274 e. The molecule has 27 heavy (non-hydrogen) atoms. The normalized spacial score (nSPS) is 10.5. The second-order valence-corrected chi connectivity index (χ2v) is 6.52. The number of aromatic nitrogens is 1. The van der Waals surface area contributed by atoms with E-state index in [-0.39, 0.29) is 11.2 Å². The van der Waals surface area contributed by atoms with Crippen molar-refractivity contribution in [2.75, 3.05) is 12.4 Å². The number of hydrogen-bond acceptors (Lipinski definition) is 3. The van der Waals surface area contributed by atoms with E-state index in [1.807, 2.05) is 25.1 Å². The highest BCUT2D eigenvalue weighted by atomic mass is 35.5. The van der Waals surface area contributed by atoms with Crippen LogP contribution in [0, 0.1) is 6.92 Å². The molecule has 0 unspecified atom stereocenters. The van der Waals surface area contributed by atoms with Gasteiger partial charge in [-0.1, -0.05) is 41.9 Å². The van der Waals surface area contributed by atoms with E-state index in [1.165, 1.54) is 11.7 Å². The number of halogens is 1. The molecule has 5 nitrogen and oxygen atoms in total. The Labute approximate surface area is 162 Å². The molecule has 3 aromatic rings. The zero-order valence-corrected chi connectivity index (χ0v) is 15.8. The number of hydrogen-bond donors (Lipinski definition) is 1. The zero-order valence-electron chi connectivity index (χ0n) is 15.0.